The molecule has 1 aromatic rings. The Hall–Kier alpha value is -1.71. The molecule has 17 heavy (non-hydrogen) atoms. The third kappa shape index (κ3) is 4.34. The van der Waals surface area contributed by atoms with Crippen LogP contribution in [0.25, 0.3) is 0 Å². The Morgan fingerprint density at radius 2 is 2.06 bits per heavy atom. The van der Waals surface area contributed by atoms with E-state index in [1.54, 1.807) is 18.2 Å². The van der Waals surface area contributed by atoms with E-state index in [0.29, 0.717) is 23.6 Å². The number of carbonyl (C=O) groups is 1. The molecule has 0 aliphatic heterocycles. The van der Waals surface area contributed by atoms with Gasteiger partial charge in [-0.1, -0.05) is 26.2 Å². The topological polar surface area (TPSA) is 78.3 Å². The number of rotatable bonds is 7. The summed E-state index contributed by atoms with van der Waals surface area (Å²) in [4.78, 5) is 11.1. The number of benzene rings is 1. The molecule has 0 spiro atoms. The molecular formula is C13H20N2O2. The average molecular weight is 236 g/mol. The number of primary amides is 1. The summed E-state index contributed by atoms with van der Waals surface area (Å²) in [5, 5.41) is 0. The van der Waals surface area contributed by atoms with Crippen molar-refractivity contribution in [3.63, 3.8) is 0 Å². The number of hydrogen-bond donors (Lipinski definition) is 2. The minimum Gasteiger partial charge on any atom is -0.494 e. The van der Waals surface area contributed by atoms with Gasteiger partial charge in [0.15, 0.2) is 0 Å². The second kappa shape index (κ2) is 6.78. The van der Waals surface area contributed by atoms with Crippen LogP contribution in [0.2, 0.25) is 0 Å². The fourth-order valence-electron chi connectivity index (χ4n) is 1.56. The largest absolute Gasteiger partial charge is 0.494 e. The molecule has 0 unspecified atom stereocenters. The molecule has 0 aliphatic rings. The molecule has 4 N–H and O–H groups in total. The van der Waals surface area contributed by atoms with Crippen LogP contribution in [0, 0.1) is 0 Å². The van der Waals surface area contributed by atoms with Crippen LogP contribution in [0.3, 0.4) is 0 Å². The molecule has 0 fully saturated rings. The lowest BCUT2D eigenvalue weighted by molar-refractivity contribution is 0.100. The van der Waals surface area contributed by atoms with Crippen molar-refractivity contribution in [3.8, 4) is 5.75 Å². The maximum absolute atomic E-state index is 11.1. The number of nitrogen functional groups attached to an aromatic ring is 1. The first-order valence-corrected chi connectivity index (χ1v) is 5.97. The molecule has 0 saturated carbocycles. The van der Waals surface area contributed by atoms with Crippen molar-refractivity contribution in [2.24, 2.45) is 5.73 Å². The molecule has 0 saturated heterocycles. The smallest absolute Gasteiger partial charge is 0.250 e. The monoisotopic (exact) mass is 236 g/mol. The van der Waals surface area contributed by atoms with Crippen molar-refractivity contribution in [1.82, 2.24) is 0 Å². The van der Waals surface area contributed by atoms with E-state index in [0.717, 1.165) is 12.8 Å². The second-order valence-electron chi connectivity index (χ2n) is 4.02. The van der Waals surface area contributed by atoms with Gasteiger partial charge >= 0.3 is 0 Å². The van der Waals surface area contributed by atoms with Crippen LogP contribution < -0.4 is 16.2 Å². The molecule has 1 rings (SSSR count). The van der Waals surface area contributed by atoms with Gasteiger partial charge in [0.1, 0.15) is 5.75 Å². The molecule has 0 radical (unpaired) electrons. The van der Waals surface area contributed by atoms with Crippen LogP contribution in [0.15, 0.2) is 18.2 Å². The van der Waals surface area contributed by atoms with Crippen LogP contribution >= 0.6 is 0 Å². The van der Waals surface area contributed by atoms with Gasteiger partial charge in [-0.25, -0.2) is 0 Å². The first kappa shape index (κ1) is 13.4. The zero-order valence-corrected chi connectivity index (χ0v) is 10.2. The normalized spacial score (nSPS) is 10.2. The highest BCUT2D eigenvalue weighted by Crippen LogP contribution is 2.19. The highest BCUT2D eigenvalue weighted by atomic mass is 16.5. The standard InChI is InChI=1S/C13H20N2O2/c1-2-3-4-5-8-17-10-6-7-12(14)11(9-10)13(15)16/h6-7,9H,2-5,8,14H2,1H3,(H2,15,16). The van der Waals surface area contributed by atoms with E-state index >= 15 is 0 Å². The Labute approximate surface area is 102 Å². The van der Waals surface area contributed by atoms with Gasteiger partial charge in [0.2, 0.25) is 0 Å². The predicted molar refractivity (Wildman–Crippen MR) is 69.0 cm³/mol. The molecule has 94 valence electrons. The lowest BCUT2D eigenvalue weighted by Gasteiger charge is -2.08. The van der Waals surface area contributed by atoms with Crippen molar-refractivity contribution in [2.45, 2.75) is 32.6 Å². The average Bonchev–Trinajstić information content (AvgIpc) is 2.30. The maximum Gasteiger partial charge on any atom is 0.250 e. The lowest BCUT2D eigenvalue weighted by Crippen LogP contribution is -2.13. The number of nitrogens with two attached hydrogens (primary N) is 2. The van der Waals surface area contributed by atoms with Crippen molar-refractivity contribution in [3.05, 3.63) is 23.8 Å². The second-order valence-corrected chi connectivity index (χ2v) is 4.02. The summed E-state index contributed by atoms with van der Waals surface area (Å²) in [5.74, 6) is 0.114. The summed E-state index contributed by atoms with van der Waals surface area (Å²) < 4.78 is 5.54. The van der Waals surface area contributed by atoms with Crippen molar-refractivity contribution < 1.29 is 9.53 Å². The molecule has 1 aromatic carbocycles. The summed E-state index contributed by atoms with van der Waals surface area (Å²) in [7, 11) is 0. The van der Waals surface area contributed by atoms with E-state index in [9.17, 15) is 4.79 Å². The number of carbonyl (C=O) groups excluding carboxylic acids is 1. The minimum atomic E-state index is -0.529. The first-order valence-electron chi connectivity index (χ1n) is 5.97. The van der Waals surface area contributed by atoms with Crippen LogP contribution in [-0.2, 0) is 0 Å². The molecule has 4 heteroatoms. The van der Waals surface area contributed by atoms with Crippen LogP contribution in [0.5, 0.6) is 5.75 Å². The van der Waals surface area contributed by atoms with E-state index in [1.165, 1.54) is 12.8 Å². The molecule has 0 aromatic heterocycles. The van der Waals surface area contributed by atoms with Gasteiger partial charge in [0, 0.05) is 5.69 Å². The van der Waals surface area contributed by atoms with E-state index in [-0.39, 0.29) is 0 Å². The van der Waals surface area contributed by atoms with Crippen LogP contribution in [0.1, 0.15) is 43.0 Å². The number of unbranched alkanes of at least 4 members (excludes halogenated alkanes) is 3. The number of hydrogen-bond acceptors (Lipinski definition) is 3. The third-order valence-corrected chi connectivity index (χ3v) is 2.56. The van der Waals surface area contributed by atoms with Gasteiger partial charge in [-0.3, -0.25) is 4.79 Å². The summed E-state index contributed by atoms with van der Waals surface area (Å²) in [6.45, 7) is 2.82. The Morgan fingerprint density at radius 3 is 2.71 bits per heavy atom. The Kier molecular flexibility index (Phi) is 5.33. The summed E-state index contributed by atoms with van der Waals surface area (Å²) in [6.07, 6.45) is 4.60. The molecule has 0 aliphatic carbocycles. The Balaban J connectivity index is 2.49. The van der Waals surface area contributed by atoms with E-state index in [1.807, 2.05) is 0 Å². The summed E-state index contributed by atoms with van der Waals surface area (Å²) in [6, 6.07) is 4.99. The number of anilines is 1. The number of ether oxygens (including phenoxy) is 1. The predicted octanol–water partition coefficient (Wildman–Crippen LogP) is 2.33. The molecule has 0 atom stereocenters. The SMILES string of the molecule is CCCCCCOc1ccc(N)c(C(N)=O)c1. The highest BCUT2D eigenvalue weighted by Gasteiger charge is 2.07. The highest BCUT2D eigenvalue weighted by molar-refractivity contribution is 5.98. The van der Waals surface area contributed by atoms with Gasteiger partial charge < -0.3 is 16.2 Å². The fourth-order valence-corrected chi connectivity index (χ4v) is 1.56. The zero-order chi connectivity index (χ0) is 12.7. The Bertz CT molecular complexity index is 378. The van der Waals surface area contributed by atoms with Crippen LogP contribution in [0.4, 0.5) is 5.69 Å². The van der Waals surface area contributed by atoms with Crippen molar-refractivity contribution in [1.29, 1.82) is 0 Å². The summed E-state index contributed by atoms with van der Waals surface area (Å²) in [5.41, 5.74) is 11.5. The van der Waals surface area contributed by atoms with Gasteiger partial charge in [0.05, 0.1) is 12.2 Å². The van der Waals surface area contributed by atoms with Crippen molar-refractivity contribution >= 4 is 11.6 Å². The molecule has 1 amide bonds. The third-order valence-electron chi connectivity index (χ3n) is 2.56. The lowest BCUT2D eigenvalue weighted by atomic mass is 10.1. The molecule has 0 bridgehead atoms. The van der Waals surface area contributed by atoms with Gasteiger partial charge in [0.25, 0.3) is 5.91 Å². The minimum absolute atomic E-state index is 0.316. The fraction of sp³-hybridized carbons (Fsp3) is 0.462. The molecular weight excluding hydrogens is 216 g/mol. The van der Waals surface area contributed by atoms with E-state index in [4.69, 9.17) is 16.2 Å². The Morgan fingerprint density at radius 1 is 1.29 bits per heavy atom. The maximum atomic E-state index is 11.1. The summed E-state index contributed by atoms with van der Waals surface area (Å²) >= 11 is 0. The molecule has 0 heterocycles. The zero-order valence-electron chi connectivity index (χ0n) is 10.2. The van der Waals surface area contributed by atoms with Crippen molar-refractivity contribution in [2.75, 3.05) is 12.3 Å². The van der Waals surface area contributed by atoms with Crippen LogP contribution in [-0.4, -0.2) is 12.5 Å². The van der Waals surface area contributed by atoms with Gasteiger partial charge in [-0.2, -0.15) is 0 Å². The quantitative estimate of drug-likeness (QED) is 0.563. The van der Waals surface area contributed by atoms with Gasteiger partial charge in [-0.15, -0.1) is 0 Å². The van der Waals surface area contributed by atoms with Gasteiger partial charge in [-0.05, 0) is 24.6 Å². The van der Waals surface area contributed by atoms with E-state index < -0.39 is 5.91 Å². The molecule has 4 nitrogen and oxygen atoms in total. The first-order chi connectivity index (χ1) is 8.15. The van der Waals surface area contributed by atoms with E-state index in [2.05, 4.69) is 6.92 Å². The number of amides is 1.